The summed E-state index contributed by atoms with van der Waals surface area (Å²) in [7, 11) is 3.71. The number of methoxy groups -OCH3 is 1. The minimum atomic E-state index is -1.07. The molecule has 1 N–H and O–H groups in total. The third-order valence-electron chi connectivity index (χ3n) is 6.77. The molecule has 0 amide bonds. The second kappa shape index (κ2) is 4.52. The number of hydrogen-bond donors (Lipinski definition) is 1. The van der Waals surface area contributed by atoms with Crippen molar-refractivity contribution in [1.82, 2.24) is 4.90 Å². The molecule has 128 valence electrons. The summed E-state index contributed by atoms with van der Waals surface area (Å²) >= 11 is 0. The van der Waals surface area contributed by atoms with Gasteiger partial charge in [-0.15, -0.1) is 0 Å². The van der Waals surface area contributed by atoms with E-state index in [0.29, 0.717) is 18.6 Å². The quantitative estimate of drug-likeness (QED) is 0.798. The molecule has 0 radical (unpaired) electrons. The molecule has 2 heterocycles. The largest absolute Gasteiger partial charge is 0.455 e. The highest BCUT2D eigenvalue weighted by Gasteiger charge is 2.61. The van der Waals surface area contributed by atoms with E-state index >= 15 is 0 Å². The van der Waals surface area contributed by atoms with E-state index in [1.165, 1.54) is 16.8 Å². The van der Waals surface area contributed by atoms with Crippen molar-refractivity contribution in [3.8, 4) is 0 Å². The molecule has 5 nitrogen and oxygen atoms in total. The van der Waals surface area contributed by atoms with E-state index in [4.69, 9.17) is 9.47 Å². The Balaban J connectivity index is 1.78. The number of ketones is 1. The second-order valence-electron chi connectivity index (χ2n) is 7.86. The Bertz CT molecular complexity index is 748. The maximum Gasteiger partial charge on any atom is 0.237 e. The average Bonchev–Trinajstić information content (AvgIpc) is 2.59. The molecule has 0 aromatic rings. The summed E-state index contributed by atoms with van der Waals surface area (Å²) in [6, 6.07) is 0. The molecular formula is C19H23NO4. The van der Waals surface area contributed by atoms with Gasteiger partial charge in [0.05, 0.1) is 0 Å². The smallest absolute Gasteiger partial charge is 0.237 e. The SMILES string of the molecule is CO[C@@]12C[C@@]3(CCC4=C5C(=CC(=O)C(=C53)O1)CCN4C)CC[C@H]2O. The summed E-state index contributed by atoms with van der Waals surface area (Å²) in [6.45, 7) is 0.967. The van der Waals surface area contributed by atoms with Crippen molar-refractivity contribution in [2.75, 3.05) is 20.7 Å². The first kappa shape index (κ1) is 14.7. The Morgan fingerprint density at radius 1 is 1.38 bits per heavy atom. The lowest BCUT2D eigenvalue weighted by atomic mass is 9.55. The van der Waals surface area contributed by atoms with Crippen molar-refractivity contribution in [3.63, 3.8) is 0 Å². The lowest BCUT2D eigenvalue weighted by Gasteiger charge is -2.58. The third-order valence-corrected chi connectivity index (χ3v) is 6.77. The molecule has 2 bridgehead atoms. The molecule has 5 heteroatoms. The Labute approximate surface area is 141 Å². The van der Waals surface area contributed by atoms with Crippen molar-refractivity contribution in [1.29, 1.82) is 0 Å². The normalized spacial score (nSPS) is 40.3. The zero-order valence-corrected chi connectivity index (χ0v) is 14.2. The number of allylic oxidation sites excluding steroid dienone is 4. The monoisotopic (exact) mass is 329 g/mol. The maximum absolute atomic E-state index is 12.8. The van der Waals surface area contributed by atoms with E-state index < -0.39 is 11.9 Å². The molecule has 1 spiro atoms. The van der Waals surface area contributed by atoms with Gasteiger partial charge in [-0.2, -0.15) is 0 Å². The summed E-state index contributed by atoms with van der Waals surface area (Å²) < 4.78 is 11.8. The van der Waals surface area contributed by atoms with Crippen molar-refractivity contribution in [2.24, 2.45) is 5.41 Å². The van der Waals surface area contributed by atoms with Crippen molar-refractivity contribution in [2.45, 2.75) is 50.4 Å². The van der Waals surface area contributed by atoms with Gasteiger partial charge in [0.15, 0.2) is 5.76 Å². The van der Waals surface area contributed by atoms with Gasteiger partial charge in [0.2, 0.25) is 11.6 Å². The Morgan fingerprint density at radius 3 is 3.00 bits per heavy atom. The lowest BCUT2D eigenvalue weighted by Crippen LogP contribution is -2.59. The fourth-order valence-corrected chi connectivity index (χ4v) is 5.50. The van der Waals surface area contributed by atoms with Gasteiger partial charge in [-0.05, 0) is 43.8 Å². The van der Waals surface area contributed by atoms with E-state index in [-0.39, 0.29) is 11.2 Å². The lowest BCUT2D eigenvalue weighted by molar-refractivity contribution is -0.291. The van der Waals surface area contributed by atoms with Gasteiger partial charge in [-0.3, -0.25) is 4.79 Å². The van der Waals surface area contributed by atoms with Crippen LogP contribution in [-0.4, -0.2) is 48.4 Å². The van der Waals surface area contributed by atoms with E-state index in [2.05, 4.69) is 11.9 Å². The van der Waals surface area contributed by atoms with Crippen LogP contribution < -0.4 is 0 Å². The molecule has 0 aromatic heterocycles. The molecule has 0 aromatic carbocycles. The first-order valence-corrected chi connectivity index (χ1v) is 8.87. The molecular weight excluding hydrogens is 306 g/mol. The van der Waals surface area contributed by atoms with Crippen LogP contribution in [0, 0.1) is 5.41 Å². The van der Waals surface area contributed by atoms with Crippen molar-refractivity contribution < 1.29 is 19.4 Å². The molecule has 1 fully saturated rings. The number of nitrogens with zero attached hydrogens (tertiary/aromatic N) is 1. The predicted molar refractivity (Wildman–Crippen MR) is 86.7 cm³/mol. The minimum absolute atomic E-state index is 0.0610. The van der Waals surface area contributed by atoms with Crippen LogP contribution in [0.2, 0.25) is 0 Å². The number of hydrogen-bond acceptors (Lipinski definition) is 5. The van der Waals surface area contributed by atoms with Gasteiger partial charge in [-0.25, -0.2) is 0 Å². The van der Waals surface area contributed by atoms with Crippen molar-refractivity contribution >= 4 is 5.78 Å². The fraction of sp³-hybridized carbons (Fsp3) is 0.632. The van der Waals surface area contributed by atoms with E-state index in [1.54, 1.807) is 13.2 Å². The minimum Gasteiger partial charge on any atom is -0.455 e. The van der Waals surface area contributed by atoms with Gasteiger partial charge >= 0.3 is 0 Å². The Kier molecular flexibility index (Phi) is 2.78. The second-order valence-corrected chi connectivity index (χ2v) is 7.86. The predicted octanol–water partition coefficient (Wildman–Crippen LogP) is 2.04. The van der Waals surface area contributed by atoms with E-state index in [0.717, 1.165) is 37.8 Å². The maximum atomic E-state index is 12.8. The van der Waals surface area contributed by atoms with Crippen LogP contribution in [0.4, 0.5) is 0 Å². The first-order chi connectivity index (χ1) is 11.5. The van der Waals surface area contributed by atoms with E-state index in [9.17, 15) is 9.90 Å². The Morgan fingerprint density at radius 2 is 2.21 bits per heavy atom. The molecule has 0 unspecified atom stereocenters. The zero-order valence-electron chi connectivity index (χ0n) is 14.2. The standard InChI is InChI=1S/C19H23NO4/c1-20-8-5-11-9-13(21)17-16-15(11)12(20)3-6-18(16)7-4-14(22)19(10-18,23-2)24-17/h9,14,22H,3-8,10H2,1-2H3/t14-,18-,19+/m1/s1. The number of aliphatic hydroxyl groups is 1. The Hall–Kier alpha value is -1.59. The van der Waals surface area contributed by atoms with Gasteiger partial charge in [0.1, 0.15) is 6.10 Å². The zero-order chi connectivity index (χ0) is 16.7. The van der Waals surface area contributed by atoms with Crippen LogP contribution in [0.1, 0.15) is 38.5 Å². The molecule has 2 aliphatic heterocycles. The van der Waals surface area contributed by atoms with Gasteiger partial charge < -0.3 is 19.5 Å². The number of carbonyl (C=O) groups excluding carboxylic acids is 1. The molecule has 3 aliphatic carbocycles. The highest BCUT2D eigenvalue weighted by atomic mass is 16.7. The number of rotatable bonds is 1. The molecule has 1 saturated carbocycles. The first-order valence-electron chi connectivity index (χ1n) is 8.87. The third kappa shape index (κ3) is 1.60. The number of ether oxygens (including phenoxy) is 2. The summed E-state index contributed by atoms with van der Waals surface area (Å²) in [5.41, 5.74) is 4.78. The summed E-state index contributed by atoms with van der Waals surface area (Å²) in [6.07, 6.45) is 6.16. The fourth-order valence-electron chi connectivity index (χ4n) is 5.50. The summed E-state index contributed by atoms with van der Waals surface area (Å²) in [5.74, 6) is -0.710. The van der Waals surface area contributed by atoms with Crippen LogP contribution in [0.15, 0.2) is 34.3 Å². The van der Waals surface area contributed by atoms with E-state index in [1.807, 2.05) is 0 Å². The number of carbonyl (C=O) groups is 1. The average molecular weight is 329 g/mol. The molecule has 3 atom stereocenters. The molecule has 5 aliphatic rings. The summed E-state index contributed by atoms with van der Waals surface area (Å²) in [4.78, 5) is 15.1. The van der Waals surface area contributed by atoms with Crippen LogP contribution in [0.3, 0.4) is 0 Å². The van der Waals surface area contributed by atoms with Crippen LogP contribution in [0.5, 0.6) is 0 Å². The molecule has 24 heavy (non-hydrogen) atoms. The molecule has 5 rings (SSSR count). The molecule has 0 saturated heterocycles. The van der Waals surface area contributed by atoms with Crippen LogP contribution in [-0.2, 0) is 14.3 Å². The van der Waals surface area contributed by atoms with Gasteiger partial charge in [-0.1, -0.05) is 0 Å². The van der Waals surface area contributed by atoms with Gasteiger partial charge in [0, 0.05) is 49.4 Å². The number of aliphatic hydroxyl groups excluding tert-OH is 1. The topological polar surface area (TPSA) is 59.0 Å². The van der Waals surface area contributed by atoms with Crippen molar-refractivity contribution in [3.05, 3.63) is 34.3 Å². The summed E-state index contributed by atoms with van der Waals surface area (Å²) in [5, 5.41) is 10.5. The highest BCUT2D eigenvalue weighted by Crippen LogP contribution is 2.63. The van der Waals surface area contributed by atoms with Crippen LogP contribution in [0.25, 0.3) is 0 Å². The number of fused-ring (bicyclic) bond motifs is 1. The van der Waals surface area contributed by atoms with Gasteiger partial charge in [0.25, 0.3) is 0 Å². The van der Waals surface area contributed by atoms with Crippen LogP contribution >= 0.6 is 0 Å². The highest BCUT2D eigenvalue weighted by molar-refractivity contribution is 6.07.